The Bertz CT molecular complexity index is 463. The van der Waals surface area contributed by atoms with Gasteiger partial charge >= 0.3 is 0 Å². The molecule has 2 heterocycles. The first kappa shape index (κ1) is 10.5. The van der Waals surface area contributed by atoms with Gasteiger partial charge in [-0.25, -0.2) is 0 Å². The lowest BCUT2D eigenvalue weighted by molar-refractivity contribution is 0.466. The Labute approximate surface area is 93.7 Å². The van der Waals surface area contributed by atoms with Crippen LogP contribution in [0.5, 0.6) is 0 Å². The third kappa shape index (κ3) is 2.31. The van der Waals surface area contributed by atoms with E-state index in [1.807, 2.05) is 26.0 Å². The summed E-state index contributed by atoms with van der Waals surface area (Å²) in [6.07, 6.45) is 0. The quantitative estimate of drug-likeness (QED) is 0.825. The van der Waals surface area contributed by atoms with E-state index in [9.17, 15) is 0 Å². The molecule has 0 aliphatic heterocycles. The van der Waals surface area contributed by atoms with Crippen molar-refractivity contribution < 1.29 is 4.42 Å². The van der Waals surface area contributed by atoms with Crippen LogP contribution in [-0.4, -0.2) is 10.2 Å². The molecule has 1 atom stereocenters. The van der Waals surface area contributed by atoms with Crippen molar-refractivity contribution in [2.24, 2.45) is 0 Å². The average Bonchev–Trinajstić information content (AvgIpc) is 2.68. The molecule has 0 amide bonds. The monoisotopic (exact) mass is 218 g/mol. The van der Waals surface area contributed by atoms with Crippen molar-refractivity contribution in [3.63, 3.8) is 0 Å². The van der Waals surface area contributed by atoms with Gasteiger partial charge < -0.3 is 15.5 Å². The van der Waals surface area contributed by atoms with Crippen LogP contribution < -0.4 is 11.1 Å². The van der Waals surface area contributed by atoms with Crippen molar-refractivity contribution in [3.05, 3.63) is 35.8 Å². The summed E-state index contributed by atoms with van der Waals surface area (Å²) in [6.45, 7) is 3.91. The van der Waals surface area contributed by atoms with Crippen molar-refractivity contribution >= 4 is 11.6 Å². The number of aromatic nitrogens is 2. The first-order valence-electron chi connectivity index (χ1n) is 5.07. The van der Waals surface area contributed by atoms with Crippen molar-refractivity contribution in [1.82, 2.24) is 10.2 Å². The van der Waals surface area contributed by atoms with Crippen LogP contribution in [0.4, 0.5) is 11.6 Å². The molecule has 0 aliphatic carbocycles. The van der Waals surface area contributed by atoms with Crippen molar-refractivity contribution in [2.75, 3.05) is 11.1 Å². The molecule has 2 aromatic rings. The second-order valence-corrected chi connectivity index (χ2v) is 3.66. The lowest BCUT2D eigenvalue weighted by atomic mass is 10.2. The second kappa shape index (κ2) is 4.22. The van der Waals surface area contributed by atoms with E-state index in [1.165, 1.54) is 0 Å². The number of nitrogen functional groups attached to an aromatic ring is 1. The highest BCUT2D eigenvalue weighted by molar-refractivity contribution is 5.39. The Hall–Kier alpha value is -2.04. The van der Waals surface area contributed by atoms with E-state index in [4.69, 9.17) is 10.2 Å². The molecule has 0 fully saturated rings. The molecule has 0 radical (unpaired) electrons. The van der Waals surface area contributed by atoms with Crippen LogP contribution >= 0.6 is 0 Å². The highest BCUT2D eigenvalue weighted by Gasteiger charge is 2.09. The molecule has 3 N–H and O–H groups in total. The minimum absolute atomic E-state index is 0.0478. The lowest BCUT2D eigenvalue weighted by Crippen LogP contribution is -2.08. The molecule has 0 saturated heterocycles. The fourth-order valence-corrected chi connectivity index (χ4v) is 1.40. The molecule has 0 saturated carbocycles. The van der Waals surface area contributed by atoms with Crippen LogP contribution in [0.2, 0.25) is 0 Å². The van der Waals surface area contributed by atoms with Crippen molar-refractivity contribution in [1.29, 1.82) is 0 Å². The van der Waals surface area contributed by atoms with Crippen LogP contribution in [-0.2, 0) is 0 Å². The third-order valence-electron chi connectivity index (χ3n) is 2.24. The number of nitrogens with one attached hydrogen (secondary N) is 1. The zero-order valence-electron chi connectivity index (χ0n) is 9.27. The summed E-state index contributed by atoms with van der Waals surface area (Å²) in [5.74, 6) is 2.85. The number of nitrogens with zero attached hydrogens (tertiary/aromatic N) is 2. The number of hydrogen-bond donors (Lipinski definition) is 2. The molecule has 16 heavy (non-hydrogen) atoms. The van der Waals surface area contributed by atoms with Crippen molar-refractivity contribution in [2.45, 2.75) is 19.9 Å². The van der Waals surface area contributed by atoms with E-state index in [0.29, 0.717) is 11.6 Å². The lowest BCUT2D eigenvalue weighted by Gasteiger charge is -2.11. The molecular formula is C11H14N4O. The number of nitrogens with two attached hydrogens (primary N) is 1. The molecule has 1 unspecified atom stereocenters. The molecule has 0 aliphatic rings. The van der Waals surface area contributed by atoms with E-state index in [2.05, 4.69) is 15.5 Å². The van der Waals surface area contributed by atoms with Crippen LogP contribution in [0.3, 0.4) is 0 Å². The van der Waals surface area contributed by atoms with Gasteiger partial charge in [0.05, 0.1) is 6.04 Å². The minimum atomic E-state index is 0.0478. The molecule has 0 bridgehead atoms. The first-order chi connectivity index (χ1) is 7.65. The van der Waals surface area contributed by atoms with Gasteiger partial charge in [-0.05, 0) is 38.1 Å². The standard InChI is InChI=1S/C11H14N4O/c1-7-3-4-9(16-7)8(2)13-11-6-5-10(12)14-15-11/h3-6,8H,1-2H3,(H2,12,14)(H,13,15). The second-order valence-electron chi connectivity index (χ2n) is 3.66. The summed E-state index contributed by atoms with van der Waals surface area (Å²) < 4.78 is 5.51. The Morgan fingerprint density at radius 3 is 2.62 bits per heavy atom. The van der Waals surface area contributed by atoms with Gasteiger partial charge in [-0.15, -0.1) is 10.2 Å². The average molecular weight is 218 g/mol. The molecular weight excluding hydrogens is 204 g/mol. The van der Waals surface area contributed by atoms with Gasteiger partial charge in [-0.2, -0.15) is 0 Å². The van der Waals surface area contributed by atoms with E-state index in [-0.39, 0.29) is 6.04 Å². The number of hydrogen-bond acceptors (Lipinski definition) is 5. The number of furan rings is 1. The predicted molar refractivity (Wildman–Crippen MR) is 61.9 cm³/mol. The zero-order valence-corrected chi connectivity index (χ0v) is 9.27. The van der Waals surface area contributed by atoms with Crippen LogP contribution in [0.15, 0.2) is 28.7 Å². The summed E-state index contributed by atoms with van der Waals surface area (Å²) in [7, 11) is 0. The van der Waals surface area contributed by atoms with Crippen molar-refractivity contribution in [3.8, 4) is 0 Å². The van der Waals surface area contributed by atoms with Gasteiger partial charge in [0.15, 0.2) is 0 Å². The third-order valence-corrected chi connectivity index (χ3v) is 2.24. The first-order valence-corrected chi connectivity index (χ1v) is 5.07. The maximum atomic E-state index is 5.51. The normalized spacial score (nSPS) is 12.4. The number of rotatable bonds is 3. The van der Waals surface area contributed by atoms with E-state index in [0.717, 1.165) is 11.5 Å². The minimum Gasteiger partial charge on any atom is -0.464 e. The number of aryl methyl sites for hydroxylation is 1. The van der Waals surface area contributed by atoms with E-state index in [1.54, 1.807) is 12.1 Å². The summed E-state index contributed by atoms with van der Waals surface area (Å²) in [5, 5.41) is 10.9. The topological polar surface area (TPSA) is 77.0 Å². The molecule has 0 spiro atoms. The fourth-order valence-electron chi connectivity index (χ4n) is 1.40. The molecule has 5 nitrogen and oxygen atoms in total. The van der Waals surface area contributed by atoms with Gasteiger partial charge in [-0.1, -0.05) is 0 Å². The van der Waals surface area contributed by atoms with E-state index < -0.39 is 0 Å². The van der Waals surface area contributed by atoms with Crippen LogP contribution in [0, 0.1) is 6.92 Å². The largest absolute Gasteiger partial charge is 0.464 e. The van der Waals surface area contributed by atoms with Crippen LogP contribution in [0.25, 0.3) is 0 Å². The Morgan fingerprint density at radius 1 is 1.25 bits per heavy atom. The van der Waals surface area contributed by atoms with Gasteiger partial charge in [0, 0.05) is 0 Å². The molecule has 84 valence electrons. The van der Waals surface area contributed by atoms with Crippen LogP contribution in [0.1, 0.15) is 24.5 Å². The molecule has 0 aromatic carbocycles. The Balaban J connectivity index is 2.07. The maximum Gasteiger partial charge on any atom is 0.149 e. The molecule has 2 aromatic heterocycles. The zero-order chi connectivity index (χ0) is 11.5. The highest BCUT2D eigenvalue weighted by Crippen LogP contribution is 2.19. The summed E-state index contributed by atoms with van der Waals surface area (Å²) in [4.78, 5) is 0. The van der Waals surface area contributed by atoms with Gasteiger partial charge in [0.2, 0.25) is 0 Å². The fraction of sp³-hybridized carbons (Fsp3) is 0.273. The van der Waals surface area contributed by atoms with Gasteiger partial charge in [-0.3, -0.25) is 0 Å². The SMILES string of the molecule is Cc1ccc(C(C)Nc2ccc(N)nn2)o1. The summed E-state index contributed by atoms with van der Waals surface area (Å²) in [5.41, 5.74) is 5.45. The highest BCUT2D eigenvalue weighted by atomic mass is 16.3. The maximum absolute atomic E-state index is 5.51. The predicted octanol–water partition coefficient (Wildman–Crippen LogP) is 2.13. The van der Waals surface area contributed by atoms with Gasteiger partial charge in [0.25, 0.3) is 0 Å². The van der Waals surface area contributed by atoms with E-state index >= 15 is 0 Å². The number of anilines is 2. The summed E-state index contributed by atoms with van der Waals surface area (Å²) >= 11 is 0. The Morgan fingerprint density at radius 2 is 2.06 bits per heavy atom. The van der Waals surface area contributed by atoms with Gasteiger partial charge in [0.1, 0.15) is 23.2 Å². The Kier molecular flexibility index (Phi) is 2.76. The summed E-state index contributed by atoms with van der Waals surface area (Å²) in [6, 6.07) is 7.41. The smallest absolute Gasteiger partial charge is 0.149 e. The molecule has 2 rings (SSSR count). The molecule has 5 heteroatoms.